The molecule has 1 atom stereocenters. The van der Waals surface area contributed by atoms with E-state index in [-0.39, 0.29) is 12.5 Å². The molecule has 0 amide bonds. The molecular weight excluding hydrogens is 336 g/mol. The zero-order valence-electron chi connectivity index (χ0n) is 16.1. The van der Waals surface area contributed by atoms with Gasteiger partial charge in [-0.3, -0.25) is 10.4 Å². The van der Waals surface area contributed by atoms with E-state index in [0.29, 0.717) is 28.2 Å². The molecule has 1 unspecified atom stereocenters. The maximum atomic E-state index is 10.3. The van der Waals surface area contributed by atoms with Gasteiger partial charge in [-0.1, -0.05) is 56.3 Å². The first kappa shape index (κ1) is 20.4. The molecular formula is C22H28N4O. The van der Waals surface area contributed by atoms with E-state index in [2.05, 4.69) is 4.99 Å². The first-order valence-corrected chi connectivity index (χ1v) is 8.99. The van der Waals surface area contributed by atoms with Crippen molar-refractivity contribution >= 4 is 17.6 Å². The molecule has 0 spiro atoms. The van der Waals surface area contributed by atoms with Crippen molar-refractivity contribution in [2.45, 2.75) is 26.9 Å². The lowest BCUT2D eigenvalue weighted by Crippen LogP contribution is -2.17. The van der Waals surface area contributed by atoms with Crippen LogP contribution in [-0.2, 0) is 0 Å². The van der Waals surface area contributed by atoms with Crippen LogP contribution in [0.2, 0.25) is 0 Å². The summed E-state index contributed by atoms with van der Waals surface area (Å²) in [6, 6.07) is 14.8. The Kier molecular flexibility index (Phi) is 6.91. The molecule has 5 nitrogen and oxygen atoms in total. The van der Waals surface area contributed by atoms with Gasteiger partial charge in [-0.25, -0.2) is 0 Å². The van der Waals surface area contributed by atoms with Gasteiger partial charge in [0, 0.05) is 28.7 Å². The van der Waals surface area contributed by atoms with Crippen LogP contribution in [-0.4, -0.2) is 23.6 Å². The second kappa shape index (κ2) is 9.14. The summed E-state index contributed by atoms with van der Waals surface area (Å²) >= 11 is 0. The van der Waals surface area contributed by atoms with Gasteiger partial charge >= 0.3 is 0 Å². The highest BCUT2D eigenvalue weighted by atomic mass is 16.3. The van der Waals surface area contributed by atoms with E-state index in [1.54, 1.807) is 19.2 Å². The standard InChI is InChI=1S/C22H28N4O/c1-14(2)21(15(3)23)22(25)17-10-7-11-19(24)18(17)12-26-13-20(27)16-8-5-4-6-9-16/h4-12,14,20,25,27H,13,23-24H2,1-3H3/b21-15-,25-22?,26-12?. The topological polar surface area (TPSA) is 108 Å². The van der Waals surface area contributed by atoms with Crippen molar-refractivity contribution in [3.05, 3.63) is 76.5 Å². The van der Waals surface area contributed by atoms with E-state index >= 15 is 0 Å². The molecule has 0 saturated carbocycles. The summed E-state index contributed by atoms with van der Waals surface area (Å²) in [7, 11) is 0. The molecule has 2 aromatic carbocycles. The van der Waals surface area contributed by atoms with Gasteiger partial charge in [0.15, 0.2) is 0 Å². The average molecular weight is 364 g/mol. The number of anilines is 1. The van der Waals surface area contributed by atoms with Crippen molar-refractivity contribution in [2.24, 2.45) is 16.6 Å². The minimum atomic E-state index is -0.687. The van der Waals surface area contributed by atoms with E-state index in [4.69, 9.17) is 16.9 Å². The van der Waals surface area contributed by atoms with Crippen LogP contribution in [0.25, 0.3) is 0 Å². The van der Waals surface area contributed by atoms with Crippen LogP contribution in [0.1, 0.15) is 43.6 Å². The number of aliphatic hydroxyl groups excluding tert-OH is 1. The van der Waals surface area contributed by atoms with Gasteiger partial charge < -0.3 is 16.6 Å². The van der Waals surface area contributed by atoms with Crippen LogP contribution < -0.4 is 11.5 Å². The molecule has 2 rings (SSSR count). The zero-order chi connectivity index (χ0) is 20.0. The SMILES string of the molecule is C/C(N)=C(/C(=N)c1cccc(N)c1C=NCC(O)c1ccccc1)C(C)C. The van der Waals surface area contributed by atoms with E-state index in [0.717, 1.165) is 11.1 Å². The molecule has 0 bridgehead atoms. The minimum Gasteiger partial charge on any atom is -0.402 e. The van der Waals surface area contributed by atoms with Gasteiger partial charge in [-0.05, 0) is 30.0 Å². The van der Waals surface area contributed by atoms with Crippen molar-refractivity contribution < 1.29 is 5.11 Å². The Bertz CT molecular complexity index is 850. The number of nitrogens with zero attached hydrogens (tertiary/aromatic N) is 1. The minimum absolute atomic E-state index is 0.119. The maximum absolute atomic E-state index is 10.3. The molecule has 0 aliphatic carbocycles. The molecule has 0 saturated heterocycles. The van der Waals surface area contributed by atoms with E-state index in [9.17, 15) is 5.11 Å². The number of nitrogens with two attached hydrogens (primary N) is 2. The molecule has 2 aromatic rings. The Balaban J connectivity index is 2.30. The molecule has 142 valence electrons. The largest absolute Gasteiger partial charge is 0.402 e. The Hall–Kier alpha value is -2.92. The second-order valence-corrected chi connectivity index (χ2v) is 6.86. The number of aliphatic imine (C=N–C) groups is 1. The monoisotopic (exact) mass is 364 g/mol. The lowest BCUT2D eigenvalue weighted by atomic mass is 9.89. The summed E-state index contributed by atoms with van der Waals surface area (Å²) < 4.78 is 0. The summed E-state index contributed by atoms with van der Waals surface area (Å²) in [4.78, 5) is 4.37. The van der Waals surface area contributed by atoms with Crippen LogP contribution in [0.4, 0.5) is 5.69 Å². The van der Waals surface area contributed by atoms with Gasteiger partial charge in [-0.15, -0.1) is 0 Å². The Morgan fingerprint density at radius 3 is 2.41 bits per heavy atom. The van der Waals surface area contributed by atoms with Gasteiger partial charge in [0.2, 0.25) is 0 Å². The third-order valence-corrected chi connectivity index (χ3v) is 4.36. The van der Waals surface area contributed by atoms with Crippen LogP contribution in [0, 0.1) is 11.3 Å². The fraction of sp³-hybridized carbons (Fsp3) is 0.273. The molecule has 27 heavy (non-hydrogen) atoms. The summed E-state index contributed by atoms with van der Waals surface area (Å²) in [5.74, 6) is 0.119. The number of rotatable bonds is 7. The third kappa shape index (κ3) is 5.05. The van der Waals surface area contributed by atoms with Crippen LogP contribution >= 0.6 is 0 Å². The van der Waals surface area contributed by atoms with Crippen LogP contribution in [0.5, 0.6) is 0 Å². The van der Waals surface area contributed by atoms with Gasteiger partial charge in [-0.2, -0.15) is 0 Å². The number of hydrogen-bond acceptors (Lipinski definition) is 5. The number of hydrogen-bond donors (Lipinski definition) is 4. The molecule has 0 aliphatic heterocycles. The summed E-state index contributed by atoms with van der Waals surface area (Å²) in [6.45, 7) is 6.04. The number of nitrogen functional groups attached to an aromatic ring is 1. The van der Waals surface area contributed by atoms with Gasteiger partial charge in [0.1, 0.15) is 0 Å². The van der Waals surface area contributed by atoms with E-state index < -0.39 is 6.10 Å². The summed E-state index contributed by atoms with van der Waals surface area (Å²) in [6.07, 6.45) is 0.947. The smallest absolute Gasteiger partial charge is 0.0985 e. The van der Waals surface area contributed by atoms with Crippen molar-refractivity contribution in [3.63, 3.8) is 0 Å². The Morgan fingerprint density at radius 2 is 1.81 bits per heavy atom. The predicted molar refractivity (Wildman–Crippen MR) is 113 cm³/mol. The van der Waals surface area contributed by atoms with Gasteiger partial charge in [0.05, 0.1) is 18.4 Å². The van der Waals surface area contributed by atoms with Crippen molar-refractivity contribution in [1.82, 2.24) is 0 Å². The zero-order valence-corrected chi connectivity index (χ0v) is 16.1. The number of aliphatic hydroxyl groups is 1. The first-order chi connectivity index (χ1) is 12.8. The van der Waals surface area contributed by atoms with Crippen molar-refractivity contribution in [2.75, 3.05) is 12.3 Å². The number of benzene rings is 2. The highest BCUT2D eigenvalue weighted by Gasteiger charge is 2.17. The molecule has 5 heteroatoms. The maximum Gasteiger partial charge on any atom is 0.0985 e. The lowest BCUT2D eigenvalue weighted by Gasteiger charge is -2.17. The van der Waals surface area contributed by atoms with Crippen LogP contribution in [0.3, 0.4) is 0 Å². The average Bonchev–Trinajstić information content (AvgIpc) is 2.62. The second-order valence-electron chi connectivity index (χ2n) is 6.86. The normalized spacial score (nSPS) is 13.7. The fourth-order valence-corrected chi connectivity index (χ4v) is 3.06. The first-order valence-electron chi connectivity index (χ1n) is 8.99. The number of nitrogens with one attached hydrogen (secondary N) is 1. The molecule has 0 aromatic heterocycles. The highest BCUT2D eigenvalue weighted by molar-refractivity contribution is 6.16. The number of allylic oxidation sites excluding steroid dienone is 2. The molecule has 0 radical (unpaired) electrons. The summed E-state index contributed by atoms with van der Waals surface area (Å²) in [5.41, 5.74) is 16.6. The molecule has 0 heterocycles. The van der Waals surface area contributed by atoms with Crippen molar-refractivity contribution in [3.8, 4) is 0 Å². The van der Waals surface area contributed by atoms with Crippen LogP contribution in [0.15, 0.2) is 64.8 Å². The molecule has 0 fully saturated rings. The van der Waals surface area contributed by atoms with Gasteiger partial charge in [0.25, 0.3) is 0 Å². The van der Waals surface area contributed by atoms with E-state index in [1.165, 1.54) is 0 Å². The summed E-state index contributed by atoms with van der Waals surface area (Å²) in [5, 5.41) is 18.9. The molecule has 6 N–H and O–H groups in total. The van der Waals surface area contributed by atoms with Crippen molar-refractivity contribution in [1.29, 1.82) is 5.41 Å². The quantitative estimate of drug-likeness (QED) is 0.444. The Labute approximate surface area is 161 Å². The Morgan fingerprint density at radius 1 is 1.15 bits per heavy atom. The lowest BCUT2D eigenvalue weighted by molar-refractivity contribution is 0.187. The highest BCUT2D eigenvalue weighted by Crippen LogP contribution is 2.23. The third-order valence-electron chi connectivity index (χ3n) is 4.36. The predicted octanol–water partition coefficient (Wildman–Crippen LogP) is 3.68. The fourth-order valence-electron chi connectivity index (χ4n) is 3.06. The molecule has 0 aliphatic rings. The van der Waals surface area contributed by atoms with E-state index in [1.807, 2.05) is 56.3 Å².